The lowest BCUT2D eigenvalue weighted by atomic mass is 10.1. The number of nitrogen functional groups attached to an aromatic ring is 1. The monoisotopic (exact) mass is 442 g/mol. The number of amides is 2. The van der Waals surface area contributed by atoms with Crippen molar-refractivity contribution in [3.63, 3.8) is 0 Å². The number of rotatable bonds is 4. The molecule has 32 heavy (non-hydrogen) atoms. The molecule has 10 heteroatoms. The number of aromatic hydroxyl groups is 1. The normalized spacial score (nSPS) is 16.6. The van der Waals surface area contributed by atoms with Crippen LogP contribution in [0.4, 0.5) is 16.3 Å². The zero-order valence-corrected chi connectivity index (χ0v) is 18.8. The second-order valence-electron chi connectivity index (χ2n) is 8.75. The zero-order chi connectivity index (χ0) is 23.5. The number of alkyl carbamates (subject to hydrolysis) is 1. The van der Waals surface area contributed by atoms with Crippen LogP contribution in [0.15, 0.2) is 30.3 Å². The summed E-state index contributed by atoms with van der Waals surface area (Å²) in [6, 6.07) is 8.58. The number of benzene rings is 1. The molecule has 1 aromatic carbocycles. The van der Waals surface area contributed by atoms with E-state index in [0.29, 0.717) is 36.6 Å². The summed E-state index contributed by atoms with van der Waals surface area (Å²) >= 11 is 0. The number of piperazine rings is 1. The molecule has 1 aromatic heterocycles. The highest BCUT2D eigenvalue weighted by molar-refractivity contribution is 5.83. The molecule has 2 aromatic rings. The molecule has 4 N–H and O–H groups in total. The minimum atomic E-state index is -0.625. The quantitative estimate of drug-likeness (QED) is 0.655. The molecule has 0 radical (unpaired) electrons. The lowest BCUT2D eigenvalue weighted by Crippen LogP contribution is -2.56. The van der Waals surface area contributed by atoms with Crippen molar-refractivity contribution in [1.29, 1.82) is 0 Å². The van der Waals surface area contributed by atoms with Crippen LogP contribution in [0, 0.1) is 0 Å². The molecule has 172 valence electrons. The third-order valence-electron chi connectivity index (χ3n) is 5.05. The van der Waals surface area contributed by atoms with Crippen LogP contribution in [0.2, 0.25) is 0 Å². The Kier molecular flexibility index (Phi) is 6.71. The number of para-hydroxylation sites is 1. The van der Waals surface area contributed by atoms with Crippen molar-refractivity contribution in [2.24, 2.45) is 0 Å². The molecule has 1 unspecified atom stereocenters. The standard InChI is InChI=1S/C22H30N6O4/c1-14-13-27(9-10-28(14)19(30)12-24-21(31)32-22(2,3)4)17-11-16(25-26-20(17)23)15-7-5-6-8-18(15)29/h5-8,11,14,29H,9-10,12-13H2,1-4H3,(H2,23,26)(H,24,31). The molecule has 1 aliphatic heterocycles. The third kappa shape index (κ3) is 5.57. The van der Waals surface area contributed by atoms with Crippen molar-refractivity contribution in [1.82, 2.24) is 20.4 Å². The van der Waals surface area contributed by atoms with Gasteiger partial charge in [0.15, 0.2) is 5.82 Å². The van der Waals surface area contributed by atoms with Crippen molar-refractivity contribution in [3.05, 3.63) is 30.3 Å². The lowest BCUT2D eigenvalue weighted by molar-refractivity contribution is -0.132. The maximum atomic E-state index is 12.6. The van der Waals surface area contributed by atoms with Gasteiger partial charge in [0.25, 0.3) is 0 Å². The number of aromatic nitrogens is 2. The molecule has 2 amide bonds. The topological polar surface area (TPSA) is 134 Å². The Hall–Kier alpha value is -3.56. The Balaban J connectivity index is 1.65. The van der Waals surface area contributed by atoms with Gasteiger partial charge >= 0.3 is 6.09 Å². The van der Waals surface area contributed by atoms with Crippen LogP contribution in [-0.4, -0.2) is 70.0 Å². The number of nitrogens with two attached hydrogens (primary N) is 1. The van der Waals surface area contributed by atoms with Gasteiger partial charge in [0, 0.05) is 31.2 Å². The Bertz CT molecular complexity index is 991. The van der Waals surface area contributed by atoms with Crippen molar-refractivity contribution in [2.75, 3.05) is 36.8 Å². The molecule has 0 aliphatic carbocycles. The highest BCUT2D eigenvalue weighted by atomic mass is 16.6. The van der Waals surface area contributed by atoms with Gasteiger partial charge in [-0.1, -0.05) is 12.1 Å². The van der Waals surface area contributed by atoms with Crippen molar-refractivity contribution in [3.8, 4) is 17.0 Å². The van der Waals surface area contributed by atoms with Gasteiger partial charge < -0.3 is 30.7 Å². The molecule has 1 aliphatic rings. The smallest absolute Gasteiger partial charge is 0.408 e. The first-order valence-corrected chi connectivity index (χ1v) is 10.5. The van der Waals surface area contributed by atoms with Gasteiger partial charge in [0.1, 0.15) is 17.9 Å². The fraction of sp³-hybridized carbons (Fsp3) is 0.455. The molecule has 1 saturated heterocycles. The number of nitrogens with zero attached hydrogens (tertiary/aromatic N) is 4. The van der Waals surface area contributed by atoms with Crippen LogP contribution in [0.3, 0.4) is 0 Å². The van der Waals surface area contributed by atoms with E-state index in [-0.39, 0.29) is 30.1 Å². The molecular formula is C22H30N6O4. The summed E-state index contributed by atoms with van der Waals surface area (Å²) in [7, 11) is 0. The number of carbonyl (C=O) groups is 2. The third-order valence-corrected chi connectivity index (χ3v) is 5.05. The van der Waals surface area contributed by atoms with E-state index in [1.807, 2.05) is 17.9 Å². The average Bonchev–Trinajstić information content (AvgIpc) is 2.71. The number of hydrogen-bond acceptors (Lipinski definition) is 8. The number of anilines is 2. The minimum absolute atomic E-state index is 0.110. The van der Waals surface area contributed by atoms with Crippen molar-refractivity contribution >= 4 is 23.5 Å². The zero-order valence-electron chi connectivity index (χ0n) is 18.8. The molecule has 0 bridgehead atoms. The van der Waals surface area contributed by atoms with Gasteiger partial charge in [-0.05, 0) is 45.9 Å². The van der Waals surface area contributed by atoms with Crippen LogP contribution in [0.25, 0.3) is 11.3 Å². The Morgan fingerprint density at radius 2 is 1.97 bits per heavy atom. The second-order valence-corrected chi connectivity index (χ2v) is 8.75. The number of ether oxygens (including phenoxy) is 1. The molecule has 0 spiro atoms. The van der Waals surface area contributed by atoms with Gasteiger partial charge in [-0.15, -0.1) is 10.2 Å². The fourth-order valence-corrected chi connectivity index (χ4v) is 3.58. The Morgan fingerprint density at radius 1 is 1.25 bits per heavy atom. The van der Waals surface area contributed by atoms with Gasteiger partial charge in [-0.2, -0.15) is 0 Å². The summed E-state index contributed by atoms with van der Waals surface area (Å²) in [6.45, 7) is 8.64. The van der Waals surface area contributed by atoms with E-state index in [2.05, 4.69) is 15.5 Å². The summed E-state index contributed by atoms with van der Waals surface area (Å²) in [5, 5.41) is 20.8. The Morgan fingerprint density at radius 3 is 2.62 bits per heavy atom. The first-order chi connectivity index (χ1) is 15.0. The van der Waals surface area contributed by atoms with E-state index in [4.69, 9.17) is 10.5 Å². The summed E-state index contributed by atoms with van der Waals surface area (Å²) < 4.78 is 5.17. The van der Waals surface area contributed by atoms with Crippen LogP contribution < -0.4 is 16.0 Å². The van der Waals surface area contributed by atoms with E-state index in [1.165, 1.54) is 0 Å². The van der Waals surface area contributed by atoms with Gasteiger partial charge in [0.2, 0.25) is 5.91 Å². The maximum absolute atomic E-state index is 12.6. The van der Waals surface area contributed by atoms with E-state index >= 15 is 0 Å². The molecule has 1 atom stereocenters. The van der Waals surface area contributed by atoms with Gasteiger partial charge in [-0.25, -0.2) is 4.79 Å². The average molecular weight is 443 g/mol. The van der Waals surface area contributed by atoms with E-state index in [1.54, 1.807) is 49.9 Å². The van der Waals surface area contributed by atoms with E-state index in [0.717, 1.165) is 0 Å². The van der Waals surface area contributed by atoms with Gasteiger partial charge in [-0.3, -0.25) is 4.79 Å². The number of carbonyl (C=O) groups excluding carboxylic acids is 2. The number of phenolic OH excluding ortho intramolecular Hbond substituents is 1. The summed E-state index contributed by atoms with van der Waals surface area (Å²) in [6.07, 6.45) is -0.621. The second kappa shape index (κ2) is 9.29. The lowest BCUT2D eigenvalue weighted by Gasteiger charge is -2.41. The number of nitrogens with one attached hydrogen (secondary N) is 1. The SMILES string of the molecule is CC1CN(c2cc(-c3ccccc3O)nnc2N)CCN1C(=O)CNC(=O)OC(C)(C)C. The Labute approximate surface area is 187 Å². The van der Waals surface area contributed by atoms with Crippen LogP contribution in [-0.2, 0) is 9.53 Å². The summed E-state index contributed by atoms with van der Waals surface area (Å²) in [5.41, 5.74) is 7.24. The predicted molar refractivity (Wildman–Crippen MR) is 121 cm³/mol. The highest BCUT2D eigenvalue weighted by Crippen LogP contribution is 2.32. The first-order valence-electron chi connectivity index (χ1n) is 10.5. The molecule has 3 rings (SSSR count). The van der Waals surface area contributed by atoms with Crippen LogP contribution in [0.1, 0.15) is 27.7 Å². The molecule has 2 heterocycles. The number of hydrogen-bond donors (Lipinski definition) is 3. The van der Waals surface area contributed by atoms with E-state index < -0.39 is 11.7 Å². The van der Waals surface area contributed by atoms with Crippen LogP contribution >= 0.6 is 0 Å². The van der Waals surface area contributed by atoms with Crippen molar-refractivity contribution in [2.45, 2.75) is 39.3 Å². The van der Waals surface area contributed by atoms with Crippen LogP contribution in [0.5, 0.6) is 5.75 Å². The predicted octanol–water partition coefficient (Wildman–Crippen LogP) is 1.99. The fourth-order valence-electron chi connectivity index (χ4n) is 3.58. The molecule has 1 fully saturated rings. The molecular weight excluding hydrogens is 412 g/mol. The summed E-state index contributed by atoms with van der Waals surface area (Å²) in [5.74, 6) is 0.209. The molecule has 10 nitrogen and oxygen atoms in total. The first kappa shape index (κ1) is 23.1. The van der Waals surface area contributed by atoms with E-state index in [9.17, 15) is 14.7 Å². The number of phenols is 1. The minimum Gasteiger partial charge on any atom is -0.507 e. The van der Waals surface area contributed by atoms with Crippen molar-refractivity contribution < 1.29 is 19.4 Å². The van der Waals surface area contributed by atoms with Gasteiger partial charge in [0.05, 0.1) is 11.4 Å². The largest absolute Gasteiger partial charge is 0.507 e. The molecule has 0 saturated carbocycles. The summed E-state index contributed by atoms with van der Waals surface area (Å²) in [4.78, 5) is 28.2. The maximum Gasteiger partial charge on any atom is 0.408 e. The highest BCUT2D eigenvalue weighted by Gasteiger charge is 2.29.